The first-order valence-electron chi connectivity index (χ1n) is 8.82. The van der Waals surface area contributed by atoms with Crippen molar-refractivity contribution < 1.29 is 19.3 Å². The van der Waals surface area contributed by atoms with Crippen molar-refractivity contribution in [2.75, 3.05) is 39.5 Å². The maximum absolute atomic E-state index is 10.2. The van der Waals surface area contributed by atoms with Crippen LogP contribution in [0, 0.1) is 0 Å². The van der Waals surface area contributed by atoms with Crippen LogP contribution in [0.2, 0.25) is 0 Å². The number of piperidine rings is 1. The fourth-order valence-corrected chi connectivity index (χ4v) is 3.17. The molecule has 3 heterocycles. The van der Waals surface area contributed by atoms with E-state index in [1.807, 2.05) is 0 Å². The Balaban J connectivity index is 1.31. The maximum atomic E-state index is 10.2. The summed E-state index contributed by atoms with van der Waals surface area (Å²) >= 11 is 0. The van der Waals surface area contributed by atoms with Gasteiger partial charge in [0, 0.05) is 45.2 Å². The van der Waals surface area contributed by atoms with Crippen molar-refractivity contribution in [3.63, 3.8) is 0 Å². The summed E-state index contributed by atoms with van der Waals surface area (Å²) in [5.41, 5.74) is 0. The molecule has 0 spiro atoms. The third kappa shape index (κ3) is 5.66. The summed E-state index contributed by atoms with van der Waals surface area (Å²) in [6, 6.07) is 0. The third-order valence-electron chi connectivity index (χ3n) is 4.52. The van der Waals surface area contributed by atoms with Crippen molar-refractivity contribution in [3.8, 4) is 5.88 Å². The van der Waals surface area contributed by atoms with Gasteiger partial charge < -0.3 is 24.2 Å². The van der Waals surface area contributed by atoms with Gasteiger partial charge in [0.25, 0.3) is 0 Å². The summed E-state index contributed by atoms with van der Waals surface area (Å²) in [7, 11) is 0. The Morgan fingerprint density at radius 2 is 1.96 bits per heavy atom. The molecule has 2 fully saturated rings. The first-order valence-corrected chi connectivity index (χ1v) is 8.82. The van der Waals surface area contributed by atoms with Crippen molar-refractivity contribution in [1.82, 2.24) is 14.9 Å². The van der Waals surface area contributed by atoms with Gasteiger partial charge in [-0.3, -0.25) is 4.98 Å². The number of β-amino-alcohol motifs (C(OH)–C–C–N with tert-alkyl or cyclic N) is 1. The van der Waals surface area contributed by atoms with Crippen molar-refractivity contribution in [3.05, 3.63) is 18.6 Å². The molecule has 1 atom stereocenters. The predicted octanol–water partition coefficient (Wildman–Crippen LogP) is 0.876. The van der Waals surface area contributed by atoms with Crippen LogP contribution in [0.25, 0.3) is 0 Å². The summed E-state index contributed by atoms with van der Waals surface area (Å²) in [6.07, 6.45) is 8.62. The lowest BCUT2D eigenvalue weighted by molar-refractivity contribution is -0.0659. The number of rotatable bonds is 7. The fourth-order valence-electron chi connectivity index (χ4n) is 3.17. The van der Waals surface area contributed by atoms with Gasteiger partial charge >= 0.3 is 0 Å². The Bertz CT molecular complexity index is 462. The molecule has 0 radical (unpaired) electrons. The number of likely N-dealkylation sites (tertiary alicyclic amines) is 1. The van der Waals surface area contributed by atoms with Crippen LogP contribution in [0.5, 0.6) is 5.88 Å². The molecule has 0 saturated carbocycles. The summed E-state index contributed by atoms with van der Waals surface area (Å²) in [5.74, 6) is 0.584. The summed E-state index contributed by atoms with van der Waals surface area (Å²) in [4.78, 5) is 10.4. The zero-order chi connectivity index (χ0) is 16.6. The second-order valence-corrected chi connectivity index (χ2v) is 6.46. The molecule has 1 aromatic heterocycles. The number of aliphatic hydroxyl groups excluding tert-OH is 1. The van der Waals surface area contributed by atoms with Crippen LogP contribution in [0.4, 0.5) is 0 Å². The highest BCUT2D eigenvalue weighted by molar-refractivity contribution is 5.02. The molecule has 2 saturated heterocycles. The molecule has 3 rings (SSSR count). The second-order valence-electron chi connectivity index (χ2n) is 6.46. The highest BCUT2D eigenvalue weighted by Gasteiger charge is 2.23. The number of aromatic nitrogens is 2. The molecule has 0 amide bonds. The number of hydrogen-bond donors (Lipinski definition) is 1. The molecule has 7 nitrogen and oxygen atoms in total. The molecule has 0 unspecified atom stereocenters. The lowest BCUT2D eigenvalue weighted by atomic mass is 10.1. The molecule has 2 aliphatic heterocycles. The Kier molecular flexibility index (Phi) is 6.77. The van der Waals surface area contributed by atoms with Gasteiger partial charge in [0.1, 0.15) is 6.10 Å². The molecular weight excluding hydrogens is 310 g/mol. The average molecular weight is 337 g/mol. The fraction of sp³-hybridized carbons (Fsp3) is 0.765. The van der Waals surface area contributed by atoms with E-state index < -0.39 is 6.10 Å². The highest BCUT2D eigenvalue weighted by Crippen LogP contribution is 2.17. The van der Waals surface area contributed by atoms with E-state index in [1.165, 1.54) is 0 Å². The summed E-state index contributed by atoms with van der Waals surface area (Å²) < 4.78 is 16.9. The summed E-state index contributed by atoms with van der Waals surface area (Å²) in [6.45, 7) is 4.42. The highest BCUT2D eigenvalue weighted by atomic mass is 16.5. The molecule has 134 valence electrons. The zero-order valence-electron chi connectivity index (χ0n) is 14.0. The van der Waals surface area contributed by atoms with Gasteiger partial charge in [0.15, 0.2) is 0 Å². The SMILES string of the molecule is O[C@H](COC1CCOCC1)CN1CCC(Oc2cnccn2)CC1. The van der Waals surface area contributed by atoms with E-state index in [0.29, 0.717) is 19.0 Å². The van der Waals surface area contributed by atoms with Crippen LogP contribution in [0.3, 0.4) is 0 Å². The minimum absolute atomic E-state index is 0.175. The quantitative estimate of drug-likeness (QED) is 0.791. The van der Waals surface area contributed by atoms with Gasteiger partial charge in [-0.1, -0.05) is 0 Å². The van der Waals surface area contributed by atoms with E-state index in [-0.39, 0.29) is 12.2 Å². The molecule has 7 heteroatoms. The Morgan fingerprint density at radius 1 is 1.17 bits per heavy atom. The van der Waals surface area contributed by atoms with Gasteiger partial charge in [-0.05, 0) is 25.7 Å². The minimum Gasteiger partial charge on any atom is -0.473 e. The van der Waals surface area contributed by atoms with E-state index in [1.54, 1.807) is 18.6 Å². The third-order valence-corrected chi connectivity index (χ3v) is 4.52. The van der Waals surface area contributed by atoms with Crippen LogP contribution in [0.1, 0.15) is 25.7 Å². The van der Waals surface area contributed by atoms with E-state index in [2.05, 4.69) is 14.9 Å². The van der Waals surface area contributed by atoms with Gasteiger partial charge in [-0.15, -0.1) is 0 Å². The molecule has 24 heavy (non-hydrogen) atoms. The van der Waals surface area contributed by atoms with Crippen LogP contribution in [-0.2, 0) is 9.47 Å². The average Bonchev–Trinajstić information content (AvgIpc) is 2.63. The van der Waals surface area contributed by atoms with E-state index in [9.17, 15) is 5.11 Å². The van der Waals surface area contributed by atoms with E-state index >= 15 is 0 Å². The van der Waals surface area contributed by atoms with Crippen LogP contribution in [-0.4, -0.2) is 77.7 Å². The Labute approximate surface area is 142 Å². The van der Waals surface area contributed by atoms with Crippen molar-refractivity contribution in [2.24, 2.45) is 0 Å². The monoisotopic (exact) mass is 337 g/mol. The smallest absolute Gasteiger partial charge is 0.232 e. The molecule has 2 aliphatic rings. The predicted molar refractivity (Wildman–Crippen MR) is 87.9 cm³/mol. The van der Waals surface area contributed by atoms with Gasteiger partial charge in [0.2, 0.25) is 5.88 Å². The van der Waals surface area contributed by atoms with Crippen LogP contribution >= 0.6 is 0 Å². The molecule has 1 aromatic rings. The van der Waals surface area contributed by atoms with Gasteiger partial charge in [0.05, 0.1) is 25.0 Å². The maximum Gasteiger partial charge on any atom is 0.232 e. The molecule has 0 aliphatic carbocycles. The normalized spacial score (nSPS) is 22.4. The molecule has 1 N–H and O–H groups in total. The van der Waals surface area contributed by atoms with Crippen molar-refractivity contribution >= 4 is 0 Å². The van der Waals surface area contributed by atoms with Crippen LogP contribution < -0.4 is 4.74 Å². The summed E-state index contributed by atoms with van der Waals surface area (Å²) in [5, 5.41) is 10.2. The number of nitrogens with zero attached hydrogens (tertiary/aromatic N) is 3. The zero-order valence-corrected chi connectivity index (χ0v) is 14.0. The number of hydrogen-bond acceptors (Lipinski definition) is 7. The first kappa shape index (κ1) is 17.5. The molecule has 0 aromatic carbocycles. The number of aliphatic hydroxyl groups is 1. The van der Waals surface area contributed by atoms with E-state index in [4.69, 9.17) is 14.2 Å². The second kappa shape index (κ2) is 9.27. The number of ether oxygens (including phenoxy) is 3. The lowest BCUT2D eigenvalue weighted by Crippen LogP contribution is -2.43. The van der Waals surface area contributed by atoms with Crippen molar-refractivity contribution in [1.29, 1.82) is 0 Å². The van der Waals surface area contributed by atoms with Crippen LogP contribution in [0.15, 0.2) is 18.6 Å². The van der Waals surface area contributed by atoms with Gasteiger partial charge in [-0.2, -0.15) is 0 Å². The molecular formula is C17H27N3O4. The Hall–Kier alpha value is -1.28. The lowest BCUT2D eigenvalue weighted by Gasteiger charge is -2.33. The van der Waals surface area contributed by atoms with Gasteiger partial charge in [-0.25, -0.2) is 4.98 Å². The van der Waals surface area contributed by atoms with E-state index in [0.717, 1.165) is 52.0 Å². The standard InChI is InChI=1S/C17H27N3O4/c21-14(13-23-15-3-9-22-10-4-15)12-20-7-1-16(2-8-20)24-17-11-18-5-6-19-17/h5-6,11,14-16,21H,1-4,7-10,12-13H2/t14-/m0/s1. The largest absolute Gasteiger partial charge is 0.473 e. The Morgan fingerprint density at radius 3 is 2.67 bits per heavy atom. The minimum atomic E-state index is -0.440. The topological polar surface area (TPSA) is 76.9 Å². The van der Waals surface area contributed by atoms with Crippen molar-refractivity contribution in [2.45, 2.75) is 44.0 Å². The molecule has 0 bridgehead atoms. The first-order chi connectivity index (χ1) is 11.8.